The maximum atomic E-state index is 13.5. The second kappa shape index (κ2) is 8.35. The molecule has 3 aromatic rings. The van der Waals surface area contributed by atoms with Gasteiger partial charge in [0.1, 0.15) is 11.2 Å². The summed E-state index contributed by atoms with van der Waals surface area (Å²) in [6, 6.07) is 1.51. The predicted octanol–water partition coefficient (Wildman–Crippen LogP) is 4.45. The lowest BCUT2D eigenvalue weighted by Gasteiger charge is -2.17. The molecule has 1 N–H and O–H groups in total. The second-order valence-corrected chi connectivity index (χ2v) is 9.26. The van der Waals surface area contributed by atoms with Crippen molar-refractivity contribution in [3.8, 4) is 11.5 Å². The van der Waals surface area contributed by atoms with Gasteiger partial charge in [0.15, 0.2) is 11.5 Å². The van der Waals surface area contributed by atoms with E-state index in [1.165, 1.54) is 23.9 Å². The minimum atomic E-state index is -4.74. The highest BCUT2D eigenvalue weighted by molar-refractivity contribution is 7.99. The second-order valence-electron chi connectivity index (χ2n) is 6.86. The van der Waals surface area contributed by atoms with Crippen LogP contribution in [-0.4, -0.2) is 35.6 Å². The van der Waals surface area contributed by atoms with Gasteiger partial charge in [0, 0.05) is 26.0 Å². The van der Waals surface area contributed by atoms with E-state index in [1.807, 2.05) is 0 Å². The third-order valence-electron chi connectivity index (χ3n) is 4.65. The van der Waals surface area contributed by atoms with Gasteiger partial charge in [-0.05, 0) is 30.8 Å². The maximum Gasteiger partial charge on any atom is 0.417 e. The fraction of sp³-hybridized carbons (Fsp3) is 0.368. The van der Waals surface area contributed by atoms with E-state index >= 15 is 0 Å². The van der Waals surface area contributed by atoms with Crippen LogP contribution >= 0.6 is 0 Å². The van der Waals surface area contributed by atoms with Crippen molar-refractivity contribution in [1.82, 2.24) is 24.2 Å². The molecule has 0 fully saturated rings. The van der Waals surface area contributed by atoms with Gasteiger partial charge in [-0.2, -0.15) is 26.3 Å². The lowest BCUT2D eigenvalue weighted by atomic mass is 10.2. The SMILES string of the molecule is CC=S(=O)(NCCC)c1cc(C(F)(F)F)cnc1-c1nc2cc(C(F)(F)F)cnc2n1C. The minimum absolute atomic E-state index is 0.0640. The van der Waals surface area contributed by atoms with E-state index in [-0.39, 0.29) is 34.1 Å². The zero-order chi connectivity index (χ0) is 23.9. The molecule has 32 heavy (non-hydrogen) atoms. The van der Waals surface area contributed by atoms with Gasteiger partial charge < -0.3 is 4.57 Å². The average molecular weight is 479 g/mol. The Morgan fingerprint density at radius 3 is 2.22 bits per heavy atom. The van der Waals surface area contributed by atoms with Crippen LogP contribution in [0.3, 0.4) is 0 Å². The van der Waals surface area contributed by atoms with Crippen LogP contribution in [0.2, 0.25) is 0 Å². The van der Waals surface area contributed by atoms with Crippen LogP contribution in [-0.2, 0) is 29.1 Å². The molecule has 1 atom stereocenters. The molecule has 0 bridgehead atoms. The Morgan fingerprint density at radius 2 is 1.66 bits per heavy atom. The normalized spacial score (nSPS) is 14.5. The molecule has 0 radical (unpaired) electrons. The van der Waals surface area contributed by atoms with Crippen molar-refractivity contribution in [3.63, 3.8) is 0 Å². The molecule has 0 aliphatic rings. The van der Waals surface area contributed by atoms with Crippen LogP contribution in [0.1, 0.15) is 31.4 Å². The van der Waals surface area contributed by atoms with Gasteiger partial charge in [-0.1, -0.05) is 6.92 Å². The first kappa shape index (κ1) is 24.0. The molecular formula is C19H19F6N5OS. The molecule has 1 unspecified atom stereocenters. The number of imidazole rings is 1. The number of fused-ring (bicyclic) bond motifs is 1. The van der Waals surface area contributed by atoms with E-state index in [1.54, 1.807) is 6.92 Å². The molecule has 0 aliphatic heterocycles. The van der Waals surface area contributed by atoms with Gasteiger partial charge in [0.25, 0.3) is 0 Å². The fourth-order valence-corrected chi connectivity index (χ4v) is 4.80. The quantitative estimate of drug-likeness (QED) is 0.434. The van der Waals surface area contributed by atoms with E-state index in [9.17, 15) is 30.6 Å². The summed E-state index contributed by atoms with van der Waals surface area (Å²) >= 11 is 0. The molecule has 3 heterocycles. The van der Waals surface area contributed by atoms with Crippen LogP contribution in [0.5, 0.6) is 0 Å². The highest BCUT2D eigenvalue weighted by atomic mass is 32.2. The summed E-state index contributed by atoms with van der Waals surface area (Å²) in [5.74, 6) is -0.0663. The van der Waals surface area contributed by atoms with Gasteiger partial charge in [-0.15, -0.1) is 0 Å². The molecule has 174 valence electrons. The van der Waals surface area contributed by atoms with Crippen LogP contribution in [0, 0.1) is 0 Å². The molecule has 0 amide bonds. The van der Waals surface area contributed by atoms with Crippen molar-refractivity contribution in [2.24, 2.45) is 7.05 Å². The number of nitrogens with one attached hydrogen (secondary N) is 1. The van der Waals surface area contributed by atoms with Gasteiger partial charge >= 0.3 is 12.4 Å². The first-order chi connectivity index (χ1) is 14.8. The first-order valence-electron chi connectivity index (χ1n) is 9.37. The number of pyridine rings is 2. The largest absolute Gasteiger partial charge is 0.417 e. The Hall–Kier alpha value is -2.67. The monoisotopic (exact) mass is 479 g/mol. The molecule has 0 spiro atoms. The zero-order valence-corrected chi connectivity index (χ0v) is 18.0. The zero-order valence-electron chi connectivity index (χ0n) is 17.2. The molecule has 0 aromatic carbocycles. The minimum Gasteiger partial charge on any atom is -0.310 e. The molecule has 0 saturated carbocycles. The van der Waals surface area contributed by atoms with Crippen molar-refractivity contribution in [2.75, 3.05) is 6.54 Å². The Labute approximate surface area is 179 Å². The molecular weight excluding hydrogens is 460 g/mol. The van der Waals surface area contributed by atoms with Crippen LogP contribution in [0.15, 0.2) is 29.4 Å². The average Bonchev–Trinajstić information content (AvgIpc) is 3.06. The summed E-state index contributed by atoms with van der Waals surface area (Å²) in [4.78, 5) is 11.5. The third-order valence-corrected chi connectivity index (χ3v) is 6.91. The summed E-state index contributed by atoms with van der Waals surface area (Å²) in [5.41, 5.74) is -2.35. The van der Waals surface area contributed by atoms with E-state index < -0.39 is 33.2 Å². The van der Waals surface area contributed by atoms with E-state index in [2.05, 4.69) is 19.7 Å². The maximum absolute atomic E-state index is 13.5. The molecule has 0 saturated heterocycles. The Kier molecular flexibility index (Phi) is 6.26. The number of halogens is 6. The topological polar surface area (TPSA) is 72.7 Å². The van der Waals surface area contributed by atoms with Crippen LogP contribution in [0.4, 0.5) is 26.3 Å². The number of aryl methyl sites for hydroxylation is 1. The van der Waals surface area contributed by atoms with Crippen molar-refractivity contribution < 1.29 is 30.6 Å². The van der Waals surface area contributed by atoms with E-state index in [0.29, 0.717) is 18.8 Å². The number of alkyl halides is 6. The Bertz CT molecular complexity index is 1270. The number of aromatic nitrogens is 4. The molecule has 0 aliphatic carbocycles. The van der Waals surface area contributed by atoms with Crippen LogP contribution < -0.4 is 4.72 Å². The smallest absolute Gasteiger partial charge is 0.310 e. The van der Waals surface area contributed by atoms with Crippen molar-refractivity contribution in [3.05, 3.63) is 35.7 Å². The van der Waals surface area contributed by atoms with Gasteiger partial charge in [-0.3, -0.25) is 4.98 Å². The number of nitrogens with zero attached hydrogens (tertiary/aromatic N) is 4. The molecule has 6 nitrogen and oxygen atoms in total. The number of hydrogen-bond acceptors (Lipinski definition) is 4. The van der Waals surface area contributed by atoms with E-state index in [0.717, 1.165) is 12.1 Å². The van der Waals surface area contributed by atoms with Crippen LogP contribution in [0.25, 0.3) is 22.7 Å². The summed E-state index contributed by atoms with van der Waals surface area (Å²) in [5, 5.41) is 1.24. The highest BCUT2D eigenvalue weighted by Crippen LogP contribution is 2.35. The summed E-state index contributed by atoms with van der Waals surface area (Å²) in [6.07, 6.45) is -7.62. The van der Waals surface area contributed by atoms with Crippen molar-refractivity contribution in [1.29, 1.82) is 0 Å². The standard InChI is InChI=1S/C19H19F6N5OS/c1-4-6-28-32(31,5-2)14-8-12(19(23,24)25)9-26-15(14)17-29-13-7-11(18(20,21)22)10-27-16(13)30(17)3/h5,7-10H,4,6H2,1-3H3,(H,28,31). The van der Waals surface area contributed by atoms with Gasteiger partial charge in [0.2, 0.25) is 0 Å². The van der Waals surface area contributed by atoms with Gasteiger partial charge in [0.05, 0.1) is 25.7 Å². The lowest BCUT2D eigenvalue weighted by molar-refractivity contribution is -0.138. The first-order valence-corrected chi connectivity index (χ1v) is 11.0. The number of rotatable bonds is 5. The van der Waals surface area contributed by atoms with Crippen molar-refractivity contribution >= 4 is 26.2 Å². The van der Waals surface area contributed by atoms with Crippen molar-refractivity contribution in [2.45, 2.75) is 37.5 Å². The summed E-state index contributed by atoms with van der Waals surface area (Å²) < 4.78 is 96.7. The summed E-state index contributed by atoms with van der Waals surface area (Å²) in [6.45, 7) is 3.47. The third kappa shape index (κ3) is 4.44. The molecule has 3 rings (SSSR count). The summed E-state index contributed by atoms with van der Waals surface area (Å²) in [7, 11) is -1.87. The fourth-order valence-electron chi connectivity index (χ4n) is 2.98. The highest BCUT2D eigenvalue weighted by Gasteiger charge is 2.34. The van der Waals surface area contributed by atoms with Gasteiger partial charge in [-0.25, -0.2) is 18.9 Å². The lowest BCUT2D eigenvalue weighted by Crippen LogP contribution is -2.27. The Morgan fingerprint density at radius 1 is 1.06 bits per heavy atom. The van der Waals surface area contributed by atoms with E-state index in [4.69, 9.17) is 0 Å². The predicted molar refractivity (Wildman–Crippen MR) is 108 cm³/mol. The molecule has 3 aromatic heterocycles. The number of hydrogen-bond donors (Lipinski definition) is 1. The Balaban J connectivity index is 2.31. The molecule has 13 heteroatoms.